The molecule has 0 unspecified atom stereocenters. The second kappa shape index (κ2) is 9.64. The van der Waals surface area contributed by atoms with Gasteiger partial charge in [0.15, 0.2) is 0 Å². The highest BCUT2D eigenvalue weighted by atomic mass is 32.1. The van der Waals surface area contributed by atoms with Crippen molar-refractivity contribution < 1.29 is 14.3 Å². The molecular formula is C23H27N5O3S. The van der Waals surface area contributed by atoms with Crippen LogP contribution in [0.1, 0.15) is 23.5 Å². The molecule has 9 heteroatoms. The third-order valence-electron chi connectivity index (χ3n) is 5.32. The van der Waals surface area contributed by atoms with Gasteiger partial charge in [0.25, 0.3) is 5.91 Å². The van der Waals surface area contributed by atoms with Crippen LogP contribution >= 0.6 is 11.3 Å². The number of urea groups is 1. The van der Waals surface area contributed by atoms with Gasteiger partial charge in [0.05, 0.1) is 35.7 Å². The molecule has 0 aromatic carbocycles. The Hall–Kier alpha value is -3.01. The minimum Gasteiger partial charge on any atom is -0.379 e. The highest BCUT2D eigenvalue weighted by molar-refractivity contribution is 7.21. The second-order valence-corrected chi connectivity index (χ2v) is 8.83. The minimum absolute atomic E-state index is 0.208. The first-order valence-electron chi connectivity index (χ1n) is 10.6. The first kappa shape index (κ1) is 22.2. The molecule has 4 heterocycles. The Bertz CT molecular complexity index is 1110. The summed E-state index contributed by atoms with van der Waals surface area (Å²) in [6.45, 7) is 12.3. The van der Waals surface area contributed by atoms with Crippen LogP contribution in [0.4, 0.5) is 16.2 Å². The molecule has 0 bridgehead atoms. The number of rotatable bonds is 7. The van der Waals surface area contributed by atoms with E-state index in [0.29, 0.717) is 33.3 Å². The fraction of sp³-hybridized carbons (Fsp3) is 0.348. The summed E-state index contributed by atoms with van der Waals surface area (Å²) in [5.41, 5.74) is 2.95. The maximum Gasteiger partial charge on any atom is 0.331 e. The molecule has 2 N–H and O–H groups in total. The summed E-state index contributed by atoms with van der Waals surface area (Å²) in [5, 5.41) is 6.65. The number of aromatic nitrogens is 1. The van der Waals surface area contributed by atoms with Gasteiger partial charge in [-0.25, -0.2) is 9.78 Å². The maximum absolute atomic E-state index is 13.1. The molecule has 2 aromatic heterocycles. The topological polar surface area (TPSA) is 86.8 Å². The van der Waals surface area contributed by atoms with Gasteiger partial charge < -0.3 is 15.4 Å². The summed E-state index contributed by atoms with van der Waals surface area (Å²) in [5.74, 6) is -0.208. The Morgan fingerprint density at radius 2 is 2.12 bits per heavy atom. The first-order chi connectivity index (χ1) is 15.5. The lowest BCUT2D eigenvalue weighted by Crippen LogP contribution is -2.41. The van der Waals surface area contributed by atoms with Crippen molar-refractivity contribution in [3.63, 3.8) is 0 Å². The number of pyridine rings is 1. The number of thiophene rings is 1. The standard InChI is InChI=1S/C23H27N5O3S/c1-4-16(6-5-15(2)3)28-17-7-8-25-22-18(17)19(26-23(28)30)20(32-22)21(29)24-9-10-27-11-13-31-14-12-27/h4-8H,1,9-14H2,2-3H3,(H,24,29)(H,26,30)/b16-6+. The van der Waals surface area contributed by atoms with Crippen molar-refractivity contribution in [2.45, 2.75) is 13.8 Å². The molecule has 0 spiro atoms. The number of hydrogen-bond donors (Lipinski definition) is 2. The summed E-state index contributed by atoms with van der Waals surface area (Å²) < 4.78 is 5.36. The van der Waals surface area contributed by atoms with E-state index >= 15 is 0 Å². The van der Waals surface area contributed by atoms with E-state index in [1.165, 1.54) is 11.3 Å². The molecular weight excluding hydrogens is 426 g/mol. The van der Waals surface area contributed by atoms with Crippen LogP contribution in [0.2, 0.25) is 0 Å². The average molecular weight is 454 g/mol. The number of anilines is 2. The minimum atomic E-state index is -0.334. The number of nitrogens with zero attached hydrogens (tertiary/aromatic N) is 3. The van der Waals surface area contributed by atoms with Gasteiger partial charge in [-0.15, -0.1) is 11.3 Å². The van der Waals surface area contributed by atoms with E-state index in [0.717, 1.165) is 43.8 Å². The lowest BCUT2D eigenvalue weighted by Gasteiger charge is -2.29. The Labute approximate surface area is 191 Å². The zero-order chi connectivity index (χ0) is 22.7. The zero-order valence-electron chi connectivity index (χ0n) is 18.3. The molecule has 0 aliphatic carbocycles. The molecule has 32 heavy (non-hydrogen) atoms. The molecule has 0 saturated carbocycles. The average Bonchev–Trinajstić information content (AvgIpc) is 3.16. The summed E-state index contributed by atoms with van der Waals surface area (Å²) in [7, 11) is 0. The smallest absolute Gasteiger partial charge is 0.331 e. The Balaban J connectivity index is 1.61. The predicted octanol–water partition coefficient (Wildman–Crippen LogP) is 3.75. The number of amides is 3. The van der Waals surface area contributed by atoms with Crippen molar-refractivity contribution in [2.75, 3.05) is 49.6 Å². The molecule has 1 fully saturated rings. The van der Waals surface area contributed by atoms with E-state index in [1.807, 2.05) is 26.0 Å². The number of hydrogen-bond acceptors (Lipinski definition) is 6. The van der Waals surface area contributed by atoms with Crippen molar-refractivity contribution in [1.82, 2.24) is 15.2 Å². The van der Waals surface area contributed by atoms with Gasteiger partial charge in [0.1, 0.15) is 9.71 Å². The van der Waals surface area contributed by atoms with E-state index in [2.05, 4.69) is 27.1 Å². The molecule has 0 radical (unpaired) electrons. The molecule has 8 nitrogen and oxygen atoms in total. The maximum atomic E-state index is 13.1. The largest absolute Gasteiger partial charge is 0.379 e. The fourth-order valence-electron chi connectivity index (χ4n) is 3.72. The van der Waals surface area contributed by atoms with Gasteiger partial charge >= 0.3 is 6.03 Å². The number of morpholine rings is 1. The van der Waals surface area contributed by atoms with Crippen LogP contribution in [0.15, 0.2) is 48.3 Å². The van der Waals surface area contributed by atoms with Crippen molar-refractivity contribution in [1.29, 1.82) is 0 Å². The molecule has 0 atom stereocenters. The van der Waals surface area contributed by atoms with Crippen molar-refractivity contribution >= 4 is 44.9 Å². The third-order valence-corrected chi connectivity index (χ3v) is 6.42. The molecule has 2 aliphatic heterocycles. The van der Waals surface area contributed by atoms with Crippen LogP contribution in [0.3, 0.4) is 0 Å². The van der Waals surface area contributed by atoms with Crippen molar-refractivity contribution in [3.05, 3.63) is 53.2 Å². The summed E-state index contributed by atoms with van der Waals surface area (Å²) in [6, 6.07) is 1.45. The molecule has 2 aliphatic rings. The molecule has 168 valence electrons. The highest BCUT2D eigenvalue weighted by Crippen LogP contribution is 2.44. The van der Waals surface area contributed by atoms with E-state index in [4.69, 9.17) is 4.74 Å². The number of allylic oxidation sites excluding steroid dienone is 4. The molecule has 2 aromatic rings. The van der Waals surface area contributed by atoms with E-state index in [-0.39, 0.29) is 11.9 Å². The van der Waals surface area contributed by atoms with E-state index < -0.39 is 0 Å². The van der Waals surface area contributed by atoms with Gasteiger partial charge in [-0.2, -0.15) is 0 Å². The Morgan fingerprint density at radius 1 is 1.34 bits per heavy atom. The van der Waals surface area contributed by atoms with E-state index in [9.17, 15) is 9.59 Å². The predicted molar refractivity (Wildman–Crippen MR) is 128 cm³/mol. The lowest BCUT2D eigenvalue weighted by atomic mass is 10.1. The Kier molecular flexibility index (Phi) is 6.69. The monoisotopic (exact) mass is 453 g/mol. The molecule has 1 saturated heterocycles. The third kappa shape index (κ3) is 4.45. The van der Waals surface area contributed by atoms with Crippen molar-refractivity contribution in [3.8, 4) is 0 Å². The van der Waals surface area contributed by atoms with E-state index in [1.54, 1.807) is 23.2 Å². The summed E-state index contributed by atoms with van der Waals surface area (Å²) in [6.07, 6.45) is 7.08. The lowest BCUT2D eigenvalue weighted by molar-refractivity contribution is 0.0383. The van der Waals surface area contributed by atoms with Gasteiger partial charge in [0, 0.05) is 32.4 Å². The second-order valence-electron chi connectivity index (χ2n) is 7.83. The van der Waals surface area contributed by atoms with Crippen LogP contribution < -0.4 is 15.5 Å². The van der Waals surface area contributed by atoms with Gasteiger partial charge in [-0.3, -0.25) is 14.6 Å². The van der Waals surface area contributed by atoms with Gasteiger partial charge in [-0.05, 0) is 32.1 Å². The number of nitrogens with one attached hydrogen (secondary N) is 2. The molecule has 4 rings (SSSR count). The van der Waals surface area contributed by atoms with Gasteiger partial charge in [0.2, 0.25) is 0 Å². The van der Waals surface area contributed by atoms with Crippen LogP contribution in [0.25, 0.3) is 10.2 Å². The number of carbonyl (C=O) groups is 2. The summed E-state index contributed by atoms with van der Waals surface area (Å²) in [4.78, 5) is 35.5. The summed E-state index contributed by atoms with van der Waals surface area (Å²) >= 11 is 1.28. The highest BCUT2D eigenvalue weighted by Gasteiger charge is 2.32. The SMILES string of the molecule is C=C/C(=C\C=C(C)C)N1C(=O)Nc2c(C(=O)NCCN3CCOCC3)sc3nccc1c23. The van der Waals surface area contributed by atoms with Gasteiger partial charge in [-0.1, -0.05) is 18.2 Å². The van der Waals surface area contributed by atoms with Crippen LogP contribution in [-0.4, -0.2) is 61.2 Å². The van der Waals surface area contributed by atoms with Crippen LogP contribution in [0, 0.1) is 0 Å². The van der Waals surface area contributed by atoms with Crippen molar-refractivity contribution in [2.24, 2.45) is 0 Å². The first-order valence-corrected chi connectivity index (χ1v) is 11.4. The zero-order valence-corrected chi connectivity index (χ0v) is 19.1. The molecule has 3 amide bonds. The quantitative estimate of drug-likeness (QED) is 0.624. The normalized spacial score (nSPS) is 16.6. The fourth-order valence-corrected chi connectivity index (χ4v) is 4.75. The number of ether oxygens (including phenoxy) is 1. The number of carbonyl (C=O) groups excluding carboxylic acids is 2. The van der Waals surface area contributed by atoms with Crippen LogP contribution in [0.5, 0.6) is 0 Å². The van der Waals surface area contributed by atoms with Crippen LogP contribution in [-0.2, 0) is 4.74 Å². The Morgan fingerprint density at radius 3 is 2.84 bits per heavy atom.